The predicted octanol–water partition coefficient (Wildman–Crippen LogP) is 6.32. The zero-order valence-electron chi connectivity index (χ0n) is 18.4. The monoisotopic (exact) mass is 469 g/mol. The Kier molecular flexibility index (Phi) is 5.67. The van der Waals surface area contributed by atoms with E-state index in [1.807, 2.05) is 12.1 Å². The maximum Gasteiger partial charge on any atom is 0.182 e. The lowest BCUT2D eigenvalue weighted by Gasteiger charge is -2.21. The lowest BCUT2D eigenvalue weighted by atomic mass is 10.0. The third-order valence-electron chi connectivity index (χ3n) is 6.03. The van der Waals surface area contributed by atoms with Crippen LogP contribution in [-0.2, 0) is 6.42 Å². The second kappa shape index (κ2) is 8.80. The highest BCUT2D eigenvalue weighted by atomic mass is 35.5. The molecule has 0 N–H and O–H groups in total. The molecule has 0 fully saturated rings. The molecule has 3 heterocycles. The molecule has 0 atom stereocenters. The summed E-state index contributed by atoms with van der Waals surface area (Å²) in [6.07, 6.45) is 5.92. The second-order valence-corrected chi connectivity index (χ2v) is 8.23. The maximum atomic E-state index is 13.5. The van der Waals surface area contributed by atoms with Crippen molar-refractivity contribution in [3.05, 3.63) is 96.2 Å². The number of hydrogen-bond acceptors (Lipinski definition) is 5. The zero-order chi connectivity index (χ0) is 22.4. The molecule has 3 aromatic carbocycles. The van der Waals surface area contributed by atoms with E-state index in [1.165, 1.54) is 23.3 Å². The topological polar surface area (TPSA) is 54.8 Å². The van der Waals surface area contributed by atoms with E-state index in [0.29, 0.717) is 11.5 Å². The fraction of sp³-hybridized carbons (Fsp3) is 0.111. The van der Waals surface area contributed by atoms with Crippen molar-refractivity contribution >= 4 is 34.8 Å². The van der Waals surface area contributed by atoms with Crippen LogP contribution in [0.5, 0.6) is 0 Å². The first-order valence-corrected chi connectivity index (χ1v) is 10.9. The Morgan fingerprint density at radius 1 is 0.882 bits per heavy atom. The third kappa shape index (κ3) is 3.86. The fourth-order valence-electron chi connectivity index (χ4n) is 4.42. The largest absolute Gasteiger partial charge is 0.325 e. The lowest BCUT2D eigenvalue weighted by Crippen LogP contribution is -2.16. The Labute approximate surface area is 202 Å². The van der Waals surface area contributed by atoms with Crippen molar-refractivity contribution in [3.63, 3.8) is 0 Å². The minimum absolute atomic E-state index is 0. The second-order valence-electron chi connectivity index (χ2n) is 8.23. The Morgan fingerprint density at radius 2 is 1.71 bits per heavy atom. The standard InChI is InChI=1S/C27H20FN5.ClH/c1-17-2-9-25-20(14-17)10-13-33(25)27-22-15-19(18-3-6-21(28)7-4-18)5-8-23(22)31-26(32-27)24-16-29-11-12-30-24;/h2-9,11-12,14-16H,10,13H2,1H3;1H. The number of nitrogens with zero attached hydrogens (tertiary/aromatic N) is 5. The minimum Gasteiger partial charge on any atom is -0.325 e. The molecule has 6 rings (SSSR count). The molecule has 0 amide bonds. The van der Waals surface area contributed by atoms with Crippen molar-refractivity contribution in [1.82, 2.24) is 19.9 Å². The molecule has 168 valence electrons. The molecule has 1 aliphatic rings. The Morgan fingerprint density at radius 3 is 2.50 bits per heavy atom. The van der Waals surface area contributed by atoms with E-state index in [-0.39, 0.29) is 18.2 Å². The number of anilines is 2. The maximum absolute atomic E-state index is 13.5. The van der Waals surface area contributed by atoms with Crippen molar-refractivity contribution in [3.8, 4) is 22.6 Å². The SMILES string of the molecule is Cc1ccc2c(c1)CCN2c1nc(-c2cnccn2)nc2ccc(-c3ccc(F)cc3)cc12.Cl. The number of rotatable bonds is 3. The van der Waals surface area contributed by atoms with E-state index in [4.69, 9.17) is 9.97 Å². The van der Waals surface area contributed by atoms with E-state index in [2.05, 4.69) is 46.1 Å². The Hall–Kier alpha value is -3.90. The van der Waals surface area contributed by atoms with Gasteiger partial charge in [0.2, 0.25) is 0 Å². The van der Waals surface area contributed by atoms with Crippen LogP contribution in [-0.4, -0.2) is 26.5 Å². The van der Waals surface area contributed by atoms with Gasteiger partial charge in [0.25, 0.3) is 0 Å². The molecule has 0 radical (unpaired) electrons. The average molecular weight is 470 g/mol. The van der Waals surface area contributed by atoms with Gasteiger partial charge in [-0.2, -0.15) is 0 Å². The number of hydrogen-bond donors (Lipinski definition) is 0. The van der Waals surface area contributed by atoms with Crippen LogP contribution in [0.1, 0.15) is 11.1 Å². The molecule has 0 saturated carbocycles. The predicted molar refractivity (Wildman–Crippen MR) is 135 cm³/mol. The first-order valence-electron chi connectivity index (χ1n) is 10.9. The zero-order valence-corrected chi connectivity index (χ0v) is 19.3. The van der Waals surface area contributed by atoms with Crippen molar-refractivity contribution in [2.24, 2.45) is 0 Å². The fourth-order valence-corrected chi connectivity index (χ4v) is 4.42. The molecule has 34 heavy (non-hydrogen) atoms. The van der Waals surface area contributed by atoms with Gasteiger partial charge in [0, 0.05) is 30.0 Å². The molecule has 5 nitrogen and oxygen atoms in total. The first kappa shape index (κ1) is 21.9. The van der Waals surface area contributed by atoms with Gasteiger partial charge in [0.05, 0.1) is 11.7 Å². The first-order chi connectivity index (χ1) is 16.2. The van der Waals surface area contributed by atoms with Crippen LogP contribution in [0.2, 0.25) is 0 Å². The normalized spacial score (nSPS) is 12.5. The van der Waals surface area contributed by atoms with Crippen LogP contribution in [0.25, 0.3) is 33.5 Å². The van der Waals surface area contributed by atoms with Gasteiger partial charge in [-0.1, -0.05) is 35.9 Å². The highest BCUT2D eigenvalue weighted by Crippen LogP contribution is 2.39. The summed E-state index contributed by atoms with van der Waals surface area (Å²) >= 11 is 0. The van der Waals surface area contributed by atoms with Crippen LogP contribution in [0.3, 0.4) is 0 Å². The number of aromatic nitrogens is 4. The summed E-state index contributed by atoms with van der Waals surface area (Å²) in [6.45, 7) is 2.95. The third-order valence-corrected chi connectivity index (χ3v) is 6.03. The summed E-state index contributed by atoms with van der Waals surface area (Å²) in [5.74, 6) is 1.13. The molecule has 0 aliphatic carbocycles. The van der Waals surface area contributed by atoms with Gasteiger partial charge in [0.15, 0.2) is 5.82 Å². The minimum atomic E-state index is -0.249. The summed E-state index contributed by atoms with van der Waals surface area (Å²) in [5, 5.41) is 0.942. The van der Waals surface area contributed by atoms with Crippen LogP contribution in [0.4, 0.5) is 15.9 Å². The summed E-state index contributed by atoms with van der Waals surface area (Å²) in [5.41, 5.74) is 7.12. The van der Waals surface area contributed by atoms with Crippen LogP contribution >= 0.6 is 12.4 Å². The number of halogens is 2. The molecule has 0 spiro atoms. The van der Waals surface area contributed by atoms with Gasteiger partial charge in [-0.25, -0.2) is 19.3 Å². The van der Waals surface area contributed by atoms with E-state index in [9.17, 15) is 4.39 Å². The molecule has 0 unspecified atom stereocenters. The van der Waals surface area contributed by atoms with Crippen LogP contribution in [0, 0.1) is 12.7 Å². The highest BCUT2D eigenvalue weighted by Gasteiger charge is 2.24. The van der Waals surface area contributed by atoms with Gasteiger partial charge < -0.3 is 4.90 Å². The van der Waals surface area contributed by atoms with Gasteiger partial charge in [-0.05, 0) is 60.4 Å². The quantitative estimate of drug-likeness (QED) is 0.309. The summed E-state index contributed by atoms with van der Waals surface area (Å²) in [6, 6.07) is 19.2. The molecular formula is C27H21ClFN5. The van der Waals surface area contributed by atoms with Crippen molar-refractivity contribution < 1.29 is 4.39 Å². The highest BCUT2D eigenvalue weighted by molar-refractivity contribution is 5.96. The van der Waals surface area contributed by atoms with E-state index >= 15 is 0 Å². The summed E-state index contributed by atoms with van der Waals surface area (Å²) in [7, 11) is 0. The number of benzene rings is 3. The molecule has 2 aromatic heterocycles. The van der Waals surface area contributed by atoms with E-state index in [0.717, 1.165) is 46.5 Å². The van der Waals surface area contributed by atoms with E-state index < -0.39 is 0 Å². The van der Waals surface area contributed by atoms with Gasteiger partial charge >= 0.3 is 0 Å². The van der Waals surface area contributed by atoms with Gasteiger partial charge in [0.1, 0.15) is 17.3 Å². The van der Waals surface area contributed by atoms with Crippen molar-refractivity contribution in [2.45, 2.75) is 13.3 Å². The van der Waals surface area contributed by atoms with Crippen LogP contribution in [0.15, 0.2) is 79.3 Å². The average Bonchev–Trinajstić information content (AvgIpc) is 3.27. The van der Waals surface area contributed by atoms with Gasteiger partial charge in [-0.3, -0.25) is 4.98 Å². The Bertz CT molecular complexity index is 1490. The van der Waals surface area contributed by atoms with E-state index in [1.54, 1.807) is 30.7 Å². The molecular weight excluding hydrogens is 449 g/mol. The lowest BCUT2D eigenvalue weighted by molar-refractivity contribution is 0.628. The van der Waals surface area contributed by atoms with Crippen molar-refractivity contribution in [1.29, 1.82) is 0 Å². The Balaban J connectivity index is 0.00000241. The molecule has 0 saturated heterocycles. The summed E-state index contributed by atoms with van der Waals surface area (Å²) in [4.78, 5) is 20.6. The molecule has 5 aromatic rings. The molecule has 1 aliphatic heterocycles. The number of aryl methyl sites for hydroxylation is 1. The summed E-state index contributed by atoms with van der Waals surface area (Å²) < 4.78 is 13.5. The smallest absolute Gasteiger partial charge is 0.182 e. The number of fused-ring (bicyclic) bond motifs is 2. The molecule has 0 bridgehead atoms. The van der Waals surface area contributed by atoms with Crippen LogP contribution < -0.4 is 4.90 Å². The van der Waals surface area contributed by atoms with Crippen molar-refractivity contribution in [2.75, 3.05) is 11.4 Å². The molecule has 7 heteroatoms. The van der Waals surface area contributed by atoms with Gasteiger partial charge in [-0.15, -0.1) is 12.4 Å².